The van der Waals surface area contributed by atoms with Gasteiger partial charge >= 0.3 is 0 Å². The number of halogens is 1. The van der Waals surface area contributed by atoms with E-state index in [2.05, 4.69) is 22.0 Å². The molecule has 0 radical (unpaired) electrons. The van der Waals surface area contributed by atoms with Crippen LogP contribution >= 0.6 is 11.6 Å². The van der Waals surface area contributed by atoms with E-state index < -0.39 is 0 Å². The fourth-order valence-corrected chi connectivity index (χ4v) is 3.33. The van der Waals surface area contributed by atoms with Gasteiger partial charge in [0, 0.05) is 23.5 Å². The van der Waals surface area contributed by atoms with Crippen LogP contribution < -0.4 is 5.32 Å². The van der Waals surface area contributed by atoms with Crippen LogP contribution in [0.1, 0.15) is 43.5 Å². The van der Waals surface area contributed by atoms with Gasteiger partial charge in [0.1, 0.15) is 5.82 Å². The van der Waals surface area contributed by atoms with Gasteiger partial charge in [-0.1, -0.05) is 11.6 Å². The standard InChI is InChI=1S/C15H18ClN3/c16-11-3-6-13-14(8-11)19(12-4-5-12)15(18-13)10-2-1-7-17-9-10/h3,6,8,10,12,17H,1-2,4-5,7,9H2. The van der Waals surface area contributed by atoms with Crippen LogP contribution in [0.4, 0.5) is 0 Å². The van der Waals surface area contributed by atoms with E-state index >= 15 is 0 Å². The average Bonchev–Trinajstić information content (AvgIpc) is 3.21. The first-order chi connectivity index (χ1) is 9.33. The summed E-state index contributed by atoms with van der Waals surface area (Å²) in [5, 5.41) is 4.30. The molecule has 2 fully saturated rings. The summed E-state index contributed by atoms with van der Waals surface area (Å²) in [7, 11) is 0. The molecule has 1 aromatic carbocycles. The van der Waals surface area contributed by atoms with Crippen molar-refractivity contribution in [2.75, 3.05) is 13.1 Å². The Morgan fingerprint density at radius 1 is 1.26 bits per heavy atom. The second-order valence-electron chi connectivity index (χ2n) is 5.75. The Morgan fingerprint density at radius 2 is 2.16 bits per heavy atom. The van der Waals surface area contributed by atoms with Gasteiger partial charge in [-0.2, -0.15) is 0 Å². The van der Waals surface area contributed by atoms with Gasteiger partial charge in [0.15, 0.2) is 0 Å². The molecule has 3 nitrogen and oxygen atoms in total. The lowest BCUT2D eigenvalue weighted by Gasteiger charge is -2.23. The van der Waals surface area contributed by atoms with Gasteiger partial charge in [0.05, 0.1) is 11.0 Å². The molecular weight excluding hydrogens is 258 g/mol. The lowest BCUT2D eigenvalue weighted by molar-refractivity contribution is 0.435. The Labute approximate surface area is 118 Å². The minimum Gasteiger partial charge on any atom is -0.325 e. The third kappa shape index (κ3) is 2.05. The molecular formula is C15H18ClN3. The van der Waals surface area contributed by atoms with Crippen LogP contribution in [0, 0.1) is 0 Å². The summed E-state index contributed by atoms with van der Waals surface area (Å²) in [4.78, 5) is 4.90. The van der Waals surface area contributed by atoms with Crippen molar-refractivity contribution >= 4 is 22.6 Å². The van der Waals surface area contributed by atoms with Crippen LogP contribution in [0.5, 0.6) is 0 Å². The number of rotatable bonds is 2. The summed E-state index contributed by atoms with van der Waals surface area (Å²) in [5.74, 6) is 1.83. The molecule has 19 heavy (non-hydrogen) atoms. The number of piperidine rings is 1. The van der Waals surface area contributed by atoms with Gasteiger partial charge in [-0.25, -0.2) is 4.98 Å². The van der Waals surface area contributed by atoms with E-state index in [1.165, 1.54) is 37.0 Å². The van der Waals surface area contributed by atoms with Gasteiger partial charge in [-0.3, -0.25) is 0 Å². The highest BCUT2D eigenvalue weighted by Crippen LogP contribution is 2.41. The quantitative estimate of drug-likeness (QED) is 0.909. The van der Waals surface area contributed by atoms with Crippen molar-refractivity contribution in [3.05, 3.63) is 29.0 Å². The Hall–Kier alpha value is -1.06. The SMILES string of the molecule is Clc1ccc2nc(C3CCCNC3)n(C3CC3)c2c1. The molecule has 1 unspecified atom stereocenters. The maximum Gasteiger partial charge on any atom is 0.114 e. The number of nitrogens with one attached hydrogen (secondary N) is 1. The van der Waals surface area contributed by atoms with Gasteiger partial charge in [0.25, 0.3) is 0 Å². The van der Waals surface area contributed by atoms with Gasteiger partial charge in [-0.15, -0.1) is 0 Å². The molecule has 4 heteroatoms. The smallest absolute Gasteiger partial charge is 0.114 e. The molecule has 1 saturated carbocycles. The normalized spacial score (nSPS) is 23.9. The Balaban J connectivity index is 1.86. The molecule has 2 aromatic rings. The maximum absolute atomic E-state index is 6.16. The summed E-state index contributed by atoms with van der Waals surface area (Å²) >= 11 is 6.16. The fraction of sp³-hybridized carbons (Fsp3) is 0.533. The number of nitrogens with zero attached hydrogens (tertiary/aromatic N) is 2. The molecule has 1 aromatic heterocycles. The molecule has 1 N–H and O–H groups in total. The van der Waals surface area contributed by atoms with Crippen molar-refractivity contribution in [3.8, 4) is 0 Å². The summed E-state index contributed by atoms with van der Waals surface area (Å²) in [6.45, 7) is 2.20. The Bertz CT molecular complexity index is 609. The topological polar surface area (TPSA) is 29.9 Å². The van der Waals surface area contributed by atoms with Gasteiger partial charge in [0.2, 0.25) is 0 Å². The van der Waals surface area contributed by atoms with E-state index in [-0.39, 0.29) is 0 Å². The Kier molecular flexibility index (Phi) is 2.78. The number of fused-ring (bicyclic) bond motifs is 1. The molecule has 2 aliphatic rings. The van der Waals surface area contributed by atoms with Crippen molar-refractivity contribution in [1.29, 1.82) is 0 Å². The van der Waals surface area contributed by atoms with Crippen LogP contribution in [-0.4, -0.2) is 22.6 Å². The van der Waals surface area contributed by atoms with Crippen molar-refractivity contribution < 1.29 is 0 Å². The number of hydrogen-bond donors (Lipinski definition) is 1. The minimum absolute atomic E-state index is 0.556. The highest BCUT2D eigenvalue weighted by molar-refractivity contribution is 6.31. The zero-order valence-electron chi connectivity index (χ0n) is 10.9. The molecule has 1 aliphatic carbocycles. The van der Waals surface area contributed by atoms with Crippen LogP contribution in [0.25, 0.3) is 11.0 Å². The monoisotopic (exact) mass is 275 g/mol. The molecule has 1 saturated heterocycles. The van der Waals surface area contributed by atoms with Crippen molar-refractivity contribution in [2.24, 2.45) is 0 Å². The van der Waals surface area contributed by atoms with E-state index in [0.717, 1.165) is 23.6 Å². The van der Waals surface area contributed by atoms with Crippen molar-refractivity contribution in [3.63, 3.8) is 0 Å². The Morgan fingerprint density at radius 3 is 2.89 bits per heavy atom. The summed E-state index contributed by atoms with van der Waals surface area (Å²) in [5.41, 5.74) is 2.31. The second-order valence-corrected chi connectivity index (χ2v) is 6.18. The first-order valence-electron chi connectivity index (χ1n) is 7.21. The first-order valence-corrected chi connectivity index (χ1v) is 7.59. The largest absolute Gasteiger partial charge is 0.325 e. The molecule has 0 bridgehead atoms. The highest BCUT2D eigenvalue weighted by Gasteiger charge is 2.31. The minimum atomic E-state index is 0.556. The van der Waals surface area contributed by atoms with Gasteiger partial charge in [-0.05, 0) is 50.4 Å². The highest BCUT2D eigenvalue weighted by atomic mass is 35.5. The van der Waals surface area contributed by atoms with E-state index in [1.54, 1.807) is 0 Å². The van der Waals surface area contributed by atoms with Crippen molar-refractivity contribution in [1.82, 2.24) is 14.9 Å². The van der Waals surface area contributed by atoms with Crippen LogP contribution in [-0.2, 0) is 0 Å². The van der Waals surface area contributed by atoms with E-state index in [9.17, 15) is 0 Å². The third-order valence-electron chi connectivity index (χ3n) is 4.25. The van der Waals surface area contributed by atoms with Crippen LogP contribution in [0.3, 0.4) is 0 Å². The van der Waals surface area contributed by atoms with Crippen LogP contribution in [0.2, 0.25) is 5.02 Å². The molecule has 1 atom stereocenters. The lowest BCUT2D eigenvalue weighted by Crippen LogP contribution is -2.30. The zero-order valence-corrected chi connectivity index (χ0v) is 11.7. The molecule has 1 aliphatic heterocycles. The van der Waals surface area contributed by atoms with E-state index in [1.807, 2.05) is 6.07 Å². The van der Waals surface area contributed by atoms with E-state index in [4.69, 9.17) is 16.6 Å². The summed E-state index contributed by atoms with van der Waals surface area (Å²) < 4.78 is 2.46. The summed E-state index contributed by atoms with van der Waals surface area (Å²) in [6, 6.07) is 6.72. The predicted molar refractivity (Wildman–Crippen MR) is 77.9 cm³/mol. The number of benzene rings is 1. The van der Waals surface area contributed by atoms with E-state index in [0.29, 0.717) is 12.0 Å². The van der Waals surface area contributed by atoms with Crippen molar-refractivity contribution in [2.45, 2.75) is 37.6 Å². The lowest BCUT2D eigenvalue weighted by atomic mass is 9.99. The number of imidazole rings is 1. The van der Waals surface area contributed by atoms with Crippen LogP contribution in [0.15, 0.2) is 18.2 Å². The maximum atomic E-state index is 6.16. The second kappa shape index (κ2) is 4.50. The third-order valence-corrected chi connectivity index (χ3v) is 4.49. The molecule has 0 amide bonds. The molecule has 0 spiro atoms. The summed E-state index contributed by atoms with van der Waals surface area (Å²) in [6.07, 6.45) is 5.06. The zero-order chi connectivity index (χ0) is 12.8. The number of hydrogen-bond acceptors (Lipinski definition) is 2. The molecule has 4 rings (SSSR count). The fourth-order valence-electron chi connectivity index (χ4n) is 3.16. The molecule has 2 heterocycles. The van der Waals surface area contributed by atoms with Gasteiger partial charge < -0.3 is 9.88 Å². The number of aromatic nitrogens is 2. The molecule has 100 valence electrons. The predicted octanol–water partition coefficient (Wildman–Crippen LogP) is 3.49. The average molecular weight is 276 g/mol. The first kappa shape index (κ1) is 11.7.